The Kier molecular flexibility index (Phi) is 9.90. The lowest BCUT2D eigenvalue weighted by Crippen LogP contribution is -2.60. The van der Waals surface area contributed by atoms with Crippen LogP contribution in [0.25, 0.3) is 6.08 Å². The van der Waals surface area contributed by atoms with Crippen LogP contribution in [0.15, 0.2) is 48.1 Å². The summed E-state index contributed by atoms with van der Waals surface area (Å²) in [6.45, 7) is 3.24. The number of benzene rings is 2. The number of ether oxygens (including phenoxy) is 4. The van der Waals surface area contributed by atoms with Crippen molar-refractivity contribution in [2.24, 2.45) is 0 Å². The third kappa shape index (κ3) is 6.53. The van der Waals surface area contributed by atoms with Gasteiger partial charge in [-0.2, -0.15) is 0 Å². The predicted octanol–water partition coefficient (Wildman–Crippen LogP) is 2.34. The van der Waals surface area contributed by atoms with Crippen molar-refractivity contribution in [1.82, 2.24) is 0 Å². The molecular weight excluding hydrogens is 496 g/mol. The van der Waals surface area contributed by atoms with Crippen molar-refractivity contribution in [2.75, 3.05) is 20.8 Å². The van der Waals surface area contributed by atoms with E-state index in [0.717, 1.165) is 5.57 Å². The lowest BCUT2D eigenvalue weighted by atomic mass is 9.98. The van der Waals surface area contributed by atoms with E-state index in [1.54, 1.807) is 12.1 Å². The summed E-state index contributed by atoms with van der Waals surface area (Å²) in [6, 6.07) is 7.63. The molecule has 2 aromatic carbocycles. The van der Waals surface area contributed by atoms with Crippen molar-refractivity contribution in [3.63, 3.8) is 0 Å². The van der Waals surface area contributed by atoms with Gasteiger partial charge in [-0.05, 0) is 44.0 Å². The lowest BCUT2D eigenvalue weighted by molar-refractivity contribution is -0.282. The number of aliphatic hydroxyl groups excluding tert-OH is 3. The Balaban J connectivity index is 2.02. The fraction of sp³-hybridized carbons (Fsp3) is 0.393. The summed E-state index contributed by atoms with van der Waals surface area (Å²) in [5.41, 5.74) is 1.74. The summed E-state index contributed by atoms with van der Waals surface area (Å²) in [4.78, 5) is 13.2. The third-order valence-electron chi connectivity index (χ3n) is 6.17. The van der Waals surface area contributed by atoms with E-state index in [1.165, 1.54) is 44.6 Å². The van der Waals surface area contributed by atoms with Gasteiger partial charge in [0.1, 0.15) is 53.0 Å². The number of phenolic OH excluding ortho intramolecular Hbond substituents is 2. The summed E-state index contributed by atoms with van der Waals surface area (Å²) in [5.74, 6) is -0.755. The molecule has 0 radical (unpaired) electrons. The van der Waals surface area contributed by atoms with Gasteiger partial charge in [0.05, 0.1) is 13.7 Å². The zero-order chi connectivity index (χ0) is 28.0. The normalized spacial score (nSPS) is 23.3. The maximum atomic E-state index is 13.2. The van der Waals surface area contributed by atoms with Gasteiger partial charge >= 0.3 is 0 Å². The number of phenols is 2. The molecule has 0 saturated carbocycles. The minimum absolute atomic E-state index is 0.0122. The minimum atomic E-state index is -1.54. The molecule has 1 heterocycles. The zero-order valence-electron chi connectivity index (χ0n) is 21.7. The van der Waals surface area contributed by atoms with Crippen LogP contribution < -0.4 is 9.47 Å². The second kappa shape index (κ2) is 12.9. The number of aromatic hydroxyl groups is 2. The van der Waals surface area contributed by atoms with Gasteiger partial charge < -0.3 is 44.5 Å². The molecule has 1 aliphatic rings. The molecule has 0 bridgehead atoms. The van der Waals surface area contributed by atoms with E-state index in [2.05, 4.69) is 0 Å². The van der Waals surface area contributed by atoms with E-state index >= 15 is 0 Å². The van der Waals surface area contributed by atoms with Crippen LogP contribution in [0, 0.1) is 0 Å². The number of carbonyl (C=O) groups excluding carboxylic acids is 1. The number of aliphatic hydroxyl groups is 3. The van der Waals surface area contributed by atoms with Crippen LogP contribution in [-0.2, 0) is 15.9 Å². The summed E-state index contributed by atoms with van der Waals surface area (Å²) in [5, 5.41) is 51.4. The molecule has 0 amide bonds. The third-order valence-corrected chi connectivity index (χ3v) is 6.17. The van der Waals surface area contributed by atoms with Gasteiger partial charge in [0.15, 0.2) is 5.78 Å². The molecule has 0 aliphatic carbocycles. The topological polar surface area (TPSA) is 155 Å². The van der Waals surface area contributed by atoms with Crippen molar-refractivity contribution < 1.29 is 49.3 Å². The van der Waals surface area contributed by atoms with E-state index < -0.39 is 43.1 Å². The first-order valence-electron chi connectivity index (χ1n) is 12.0. The van der Waals surface area contributed by atoms with E-state index in [-0.39, 0.29) is 40.5 Å². The molecule has 1 saturated heterocycles. The Morgan fingerprint density at radius 2 is 1.74 bits per heavy atom. The first-order valence-corrected chi connectivity index (χ1v) is 12.0. The van der Waals surface area contributed by atoms with Crippen molar-refractivity contribution >= 4 is 11.9 Å². The highest BCUT2D eigenvalue weighted by Crippen LogP contribution is 2.41. The molecule has 1 aliphatic heterocycles. The van der Waals surface area contributed by atoms with Crippen molar-refractivity contribution in [3.8, 4) is 23.0 Å². The maximum Gasteiger partial charge on any atom is 0.229 e. The zero-order valence-corrected chi connectivity index (χ0v) is 21.7. The molecule has 10 nitrogen and oxygen atoms in total. The molecule has 2 aromatic rings. The highest BCUT2D eigenvalue weighted by atomic mass is 16.7. The lowest BCUT2D eigenvalue weighted by Gasteiger charge is -2.41. The number of methoxy groups -OCH3 is 2. The number of rotatable bonds is 10. The standard InChI is InChI=1S/C28H34O10/c1-15(2)5-11-18-20(37-28-26(34)25(33)27(36-4)22(14-29)38-28)13-21(35-3)23(24(18)32)19(31)12-8-16-6-9-17(30)10-7-16/h5-10,12-13,22,25-30,32-34H,11,14H2,1-4H3/b12-8+/t22-,25-,26-,27-,28-/m1/s1. The molecule has 5 atom stereocenters. The first-order chi connectivity index (χ1) is 18.1. The second-order valence-electron chi connectivity index (χ2n) is 9.08. The highest BCUT2D eigenvalue weighted by molar-refractivity contribution is 6.11. The van der Waals surface area contributed by atoms with E-state index in [9.17, 15) is 30.3 Å². The Morgan fingerprint density at radius 1 is 1.05 bits per heavy atom. The van der Waals surface area contributed by atoms with Crippen LogP contribution in [-0.4, -0.2) is 82.8 Å². The van der Waals surface area contributed by atoms with E-state index in [4.69, 9.17) is 18.9 Å². The van der Waals surface area contributed by atoms with Crippen LogP contribution in [0.4, 0.5) is 0 Å². The number of hydrogen-bond acceptors (Lipinski definition) is 10. The number of allylic oxidation sites excluding steroid dienone is 3. The SMILES string of the molecule is COc1cc(O[C@@H]2O[C@H](CO)[C@@H](OC)[C@H](O)[C@H]2O)c(CC=C(C)C)c(O)c1C(=O)/C=C/c1ccc(O)cc1. The van der Waals surface area contributed by atoms with E-state index in [0.29, 0.717) is 5.56 Å². The first kappa shape index (κ1) is 29.2. The van der Waals surface area contributed by atoms with Gasteiger partial charge in [-0.15, -0.1) is 0 Å². The molecule has 10 heteroatoms. The van der Waals surface area contributed by atoms with Gasteiger partial charge in [-0.3, -0.25) is 4.79 Å². The minimum Gasteiger partial charge on any atom is -0.508 e. The van der Waals surface area contributed by atoms with Gasteiger partial charge in [0.25, 0.3) is 0 Å². The molecule has 38 heavy (non-hydrogen) atoms. The number of carbonyl (C=O) groups is 1. The van der Waals surface area contributed by atoms with Crippen molar-refractivity contribution in [2.45, 2.75) is 51.0 Å². The maximum absolute atomic E-state index is 13.2. The smallest absolute Gasteiger partial charge is 0.229 e. The highest BCUT2D eigenvalue weighted by Gasteiger charge is 2.46. The predicted molar refractivity (Wildman–Crippen MR) is 138 cm³/mol. The summed E-state index contributed by atoms with van der Waals surface area (Å²) < 4.78 is 22.1. The molecule has 1 fully saturated rings. The number of ketones is 1. The molecule has 0 unspecified atom stereocenters. The summed E-state index contributed by atoms with van der Waals surface area (Å²) >= 11 is 0. The second-order valence-corrected chi connectivity index (χ2v) is 9.08. The largest absolute Gasteiger partial charge is 0.508 e. The molecule has 3 rings (SSSR count). The Hall–Kier alpha value is -3.41. The van der Waals surface area contributed by atoms with Crippen molar-refractivity contribution in [1.29, 1.82) is 0 Å². The van der Waals surface area contributed by atoms with Crippen LogP contribution in [0.1, 0.15) is 35.3 Å². The molecule has 206 valence electrons. The van der Waals surface area contributed by atoms with Gasteiger partial charge in [0, 0.05) is 18.7 Å². The average molecular weight is 531 g/mol. The monoisotopic (exact) mass is 530 g/mol. The Labute approximate surface area is 221 Å². The quantitative estimate of drug-likeness (QED) is 0.176. The van der Waals surface area contributed by atoms with Crippen LogP contribution >= 0.6 is 0 Å². The van der Waals surface area contributed by atoms with Gasteiger partial charge in [-0.1, -0.05) is 29.9 Å². The molecule has 0 spiro atoms. The van der Waals surface area contributed by atoms with Crippen molar-refractivity contribution in [3.05, 3.63) is 64.7 Å². The molecular formula is C28H34O10. The van der Waals surface area contributed by atoms with Crippen LogP contribution in [0.2, 0.25) is 0 Å². The summed E-state index contributed by atoms with van der Waals surface area (Å²) in [7, 11) is 2.65. The van der Waals surface area contributed by atoms with Gasteiger partial charge in [0.2, 0.25) is 6.29 Å². The van der Waals surface area contributed by atoms with Crippen LogP contribution in [0.5, 0.6) is 23.0 Å². The molecule has 5 N–H and O–H groups in total. The Bertz CT molecular complexity index is 1170. The molecule has 0 aromatic heterocycles. The summed E-state index contributed by atoms with van der Waals surface area (Å²) in [6.07, 6.45) is -1.54. The van der Waals surface area contributed by atoms with Gasteiger partial charge in [-0.25, -0.2) is 0 Å². The number of hydrogen-bond donors (Lipinski definition) is 5. The Morgan fingerprint density at radius 3 is 2.32 bits per heavy atom. The average Bonchev–Trinajstić information content (AvgIpc) is 2.89. The van der Waals surface area contributed by atoms with E-state index in [1.807, 2.05) is 19.9 Å². The van der Waals surface area contributed by atoms with Crippen LogP contribution in [0.3, 0.4) is 0 Å². The fourth-order valence-corrected chi connectivity index (χ4v) is 4.08. The fourth-order valence-electron chi connectivity index (χ4n) is 4.08.